The van der Waals surface area contributed by atoms with Crippen LogP contribution < -0.4 is 0 Å². The van der Waals surface area contributed by atoms with Gasteiger partial charge in [-0.3, -0.25) is 9.59 Å². The zero-order valence-corrected chi connectivity index (χ0v) is 11.7. The summed E-state index contributed by atoms with van der Waals surface area (Å²) in [5.41, 5.74) is 8.50. The fourth-order valence-corrected chi connectivity index (χ4v) is 2.30. The fourth-order valence-electron chi connectivity index (χ4n) is 1.71. The highest BCUT2D eigenvalue weighted by Crippen LogP contribution is 2.19. The van der Waals surface area contributed by atoms with Crippen molar-refractivity contribution in [1.82, 2.24) is 5.06 Å². The van der Waals surface area contributed by atoms with E-state index in [1.54, 1.807) is 0 Å². The second-order valence-corrected chi connectivity index (χ2v) is 5.34. The van der Waals surface area contributed by atoms with Crippen molar-refractivity contribution in [2.75, 3.05) is 0 Å². The Morgan fingerprint density at radius 2 is 1.95 bits per heavy atom. The van der Waals surface area contributed by atoms with E-state index in [2.05, 4.69) is 14.9 Å². The standard InChI is InChI=1S/C11H8N4O6S/c12-14-13-7-3-1-6(2-4-7)11(18)21-15-9(16)5-8(10(15)17)22(19)20/h1-4,8,22H,5H2. The van der Waals surface area contributed by atoms with Crippen LogP contribution >= 0.6 is 0 Å². The van der Waals surface area contributed by atoms with Gasteiger partial charge in [0, 0.05) is 10.6 Å². The largest absolute Gasteiger partial charge is 0.363 e. The fraction of sp³-hybridized carbons (Fsp3) is 0.182. The quantitative estimate of drug-likeness (QED) is 0.279. The van der Waals surface area contributed by atoms with Crippen molar-refractivity contribution >= 4 is 34.2 Å². The number of hydroxylamine groups is 2. The highest BCUT2D eigenvalue weighted by molar-refractivity contribution is 7.74. The summed E-state index contributed by atoms with van der Waals surface area (Å²) >= 11 is 0. The summed E-state index contributed by atoms with van der Waals surface area (Å²) in [6.07, 6.45) is -0.555. The van der Waals surface area contributed by atoms with Crippen LogP contribution in [0.2, 0.25) is 0 Å². The van der Waals surface area contributed by atoms with Crippen LogP contribution in [0.15, 0.2) is 29.4 Å². The highest BCUT2D eigenvalue weighted by Gasteiger charge is 2.43. The second-order valence-electron chi connectivity index (χ2n) is 4.15. The number of thiol groups is 1. The lowest BCUT2D eigenvalue weighted by atomic mass is 10.2. The molecule has 0 radical (unpaired) electrons. The Kier molecular flexibility index (Phi) is 4.39. The Morgan fingerprint density at radius 3 is 2.45 bits per heavy atom. The third kappa shape index (κ3) is 3.05. The molecule has 1 fully saturated rings. The minimum atomic E-state index is -3.13. The maximum Gasteiger partial charge on any atom is 0.363 e. The molecule has 11 heteroatoms. The number of nitrogens with zero attached hydrogens (tertiary/aromatic N) is 4. The molecule has 0 N–H and O–H groups in total. The number of hydrogen-bond donors (Lipinski definition) is 1. The van der Waals surface area contributed by atoms with Crippen LogP contribution in [0.4, 0.5) is 5.69 Å². The molecule has 114 valence electrons. The molecule has 0 spiro atoms. The molecule has 1 aliphatic heterocycles. The van der Waals surface area contributed by atoms with Crippen molar-refractivity contribution < 1.29 is 27.6 Å². The SMILES string of the molecule is [N-]=[N+]=Nc1ccc(C(=O)ON2C(=O)CC([SH](=O)=O)C2=O)cc1. The molecular weight excluding hydrogens is 316 g/mol. The summed E-state index contributed by atoms with van der Waals surface area (Å²) in [6.45, 7) is 0. The molecule has 1 atom stereocenters. The average Bonchev–Trinajstić information content (AvgIpc) is 2.76. The number of imide groups is 1. The van der Waals surface area contributed by atoms with Crippen LogP contribution in [0.3, 0.4) is 0 Å². The first kappa shape index (κ1) is 15.5. The van der Waals surface area contributed by atoms with Crippen molar-refractivity contribution in [1.29, 1.82) is 0 Å². The number of amides is 2. The highest BCUT2D eigenvalue weighted by atomic mass is 32.2. The Balaban J connectivity index is 2.13. The summed E-state index contributed by atoms with van der Waals surface area (Å²) in [6, 6.07) is 5.20. The van der Waals surface area contributed by atoms with Gasteiger partial charge in [0.2, 0.25) is 0 Å². The van der Waals surface area contributed by atoms with Crippen molar-refractivity contribution in [2.45, 2.75) is 11.7 Å². The number of carbonyl (C=O) groups is 3. The van der Waals surface area contributed by atoms with E-state index >= 15 is 0 Å². The maximum atomic E-state index is 11.8. The average molecular weight is 324 g/mol. The van der Waals surface area contributed by atoms with Crippen LogP contribution in [0, 0.1) is 0 Å². The number of azide groups is 1. The van der Waals surface area contributed by atoms with Crippen molar-refractivity contribution in [3.05, 3.63) is 40.3 Å². The third-order valence-corrected chi connectivity index (χ3v) is 3.68. The zero-order chi connectivity index (χ0) is 16.3. The van der Waals surface area contributed by atoms with E-state index in [0.29, 0.717) is 0 Å². The maximum absolute atomic E-state index is 11.8. The van der Waals surface area contributed by atoms with E-state index < -0.39 is 40.2 Å². The molecule has 1 aromatic rings. The van der Waals surface area contributed by atoms with Gasteiger partial charge in [-0.2, -0.15) is 0 Å². The van der Waals surface area contributed by atoms with Gasteiger partial charge in [0.15, 0.2) is 10.7 Å². The number of rotatable bonds is 4. The first-order valence-electron chi connectivity index (χ1n) is 5.82. The van der Waals surface area contributed by atoms with E-state index in [9.17, 15) is 22.8 Å². The summed E-state index contributed by atoms with van der Waals surface area (Å²) in [5.74, 6) is -3.02. The number of carbonyl (C=O) groups excluding carboxylic acids is 3. The van der Waals surface area contributed by atoms with E-state index in [-0.39, 0.29) is 16.3 Å². The number of hydrogen-bond acceptors (Lipinski definition) is 7. The van der Waals surface area contributed by atoms with E-state index in [0.717, 1.165) is 0 Å². The first-order valence-corrected chi connectivity index (χ1v) is 7.06. The Hall–Kier alpha value is -2.91. The van der Waals surface area contributed by atoms with Crippen LogP contribution in [-0.4, -0.2) is 36.5 Å². The molecule has 2 rings (SSSR count). The molecule has 0 bridgehead atoms. The minimum Gasteiger partial charge on any atom is -0.325 e. The molecule has 0 aliphatic carbocycles. The molecule has 22 heavy (non-hydrogen) atoms. The monoisotopic (exact) mass is 324 g/mol. The Morgan fingerprint density at radius 1 is 1.32 bits per heavy atom. The van der Waals surface area contributed by atoms with Crippen LogP contribution in [-0.2, 0) is 25.1 Å². The lowest BCUT2D eigenvalue weighted by Gasteiger charge is -2.12. The van der Waals surface area contributed by atoms with Gasteiger partial charge < -0.3 is 4.84 Å². The molecule has 1 saturated heterocycles. The lowest BCUT2D eigenvalue weighted by Crippen LogP contribution is -2.34. The van der Waals surface area contributed by atoms with Crippen molar-refractivity contribution in [3.63, 3.8) is 0 Å². The van der Waals surface area contributed by atoms with E-state index in [1.165, 1.54) is 24.3 Å². The number of benzene rings is 1. The van der Waals surface area contributed by atoms with Gasteiger partial charge in [-0.15, -0.1) is 5.06 Å². The zero-order valence-electron chi connectivity index (χ0n) is 10.8. The minimum absolute atomic E-state index is 0.00699. The lowest BCUT2D eigenvalue weighted by molar-refractivity contribution is -0.172. The van der Waals surface area contributed by atoms with Gasteiger partial charge in [0.25, 0.3) is 11.8 Å². The summed E-state index contributed by atoms with van der Waals surface area (Å²) < 4.78 is 21.6. The van der Waals surface area contributed by atoms with Crippen molar-refractivity contribution in [3.8, 4) is 0 Å². The van der Waals surface area contributed by atoms with E-state index in [4.69, 9.17) is 5.53 Å². The molecule has 10 nitrogen and oxygen atoms in total. The molecule has 1 unspecified atom stereocenters. The van der Waals surface area contributed by atoms with Crippen LogP contribution in [0.25, 0.3) is 10.4 Å². The molecular formula is C11H8N4O6S. The van der Waals surface area contributed by atoms with Gasteiger partial charge in [-0.1, -0.05) is 17.2 Å². The summed E-state index contributed by atoms with van der Waals surface area (Å²) in [4.78, 5) is 42.2. The van der Waals surface area contributed by atoms with Gasteiger partial charge in [0.1, 0.15) is 5.25 Å². The van der Waals surface area contributed by atoms with Crippen molar-refractivity contribution in [2.24, 2.45) is 5.11 Å². The predicted octanol–water partition coefficient (Wildman–Crippen LogP) is 0.439. The third-order valence-electron chi connectivity index (χ3n) is 2.77. The molecule has 2 amide bonds. The van der Waals surface area contributed by atoms with Gasteiger partial charge in [-0.05, 0) is 17.7 Å². The van der Waals surface area contributed by atoms with Crippen LogP contribution in [0.1, 0.15) is 16.8 Å². The molecule has 0 aromatic heterocycles. The molecule has 1 aromatic carbocycles. The summed E-state index contributed by atoms with van der Waals surface area (Å²) in [7, 11) is -3.13. The smallest absolute Gasteiger partial charge is 0.325 e. The Bertz CT molecular complexity index is 757. The molecule has 1 heterocycles. The van der Waals surface area contributed by atoms with Gasteiger partial charge >= 0.3 is 5.97 Å². The normalized spacial score (nSPS) is 17.5. The van der Waals surface area contributed by atoms with Gasteiger partial charge in [-0.25, -0.2) is 13.2 Å². The van der Waals surface area contributed by atoms with E-state index in [1.807, 2.05) is 0 Å². The topological polar surface area (TPSA) is 147 Å². The van der Waals surface area contributed by atoms with Crippen LogP contribution in [0.5, 0.6) is 0 Å². The molecule has 1 aliphatic rings. The predicted molar refractivity (Wildman–Crippen MR) is 71.2 cm³/mol. The molecule has 0 saturated carbocycles. The summed E-state index contributed by atoms with van der Waals surface area (Å²) in [5, 5.41) is 1.95. The second kappa shape index (κ2) is 6.24. The first-order chi connectivity index (χ1) is 10.4. The Labute approximate surface area is 124 Å². The van der Waals surface area contributed by atoms with Gasteiger partial charge in [0.05, 0.1) is 12.0 Å².